The Labute approximate surface area is 79.4 Å². The van der Waals surface area contributed by atoms with Crippen LogP contribution in [0.4, 0.5) is 0 Å². The molecule has 74 valence electrons. The molecule has 0 aliphatic rings. The molecule has 0 saturated carbocycles. The van der Waals surface area contributed by atoms with Gasteiger partial charge in [0.2, 0.25) is 5.88 Å². The summed E-state index contributed by atoms with van der Waals surface area (Å²) in [5.41, 5.74) is 1.10. The molecule has 0 amide bonds. The predicted octanol–water partition coefficient (Wildman–Crippen LogP) is 2.47. The van der Waals surface area contributed by atoms with E-state index in [1.165, 1.54) is 0 Å². The first-order valence-electron chi connectivity index (χ1n) is 4.61. The van der Waals surface area contributed by atoms with Crippen molar-refractivity contribution in [3.63, 3.8) is 0 Å². The van der Waals surface area contributed by atoms with Crippen LogP contribution in [0.15, 0.2) is 6.07 Å². The maximum Gasteiger partial charge on any atom is 0.230 e. The van der Waals surface area contributed by atoms with Crippen molar-refractivity contribution in [2.24, 2.45) is 0 Å². The minimum absolute atomic E-state index is 0.0260. The summed E-state index contributed by atoms with van der Waals surface area (Å²) in [4.78, 5) is 0. The second kappa shape index (κ2) is 3.05. The van der Waals surface area contributed by atoms with Gasteiger partial charge in [-0.15, -0.1) is 5.10 Å². The summed E-state index contributed by atoms with van der Waals surface area (Å²) in [6, 6.07) is 2.02. The zero-order valence-corrected chi connectivity index (χ0v) is 9.00. The van der Waals surface area contributed by atoms with Crippen molar-refractivity contribution in [2.75, 3.05) is 0 Å². The smallest absolute Gasteiger partial charge is 0.230 e. The standard InChI is InChI=1S/C10H18N2O/c1-7(2)12-8(10(3,4)5)6-9(13)11-12/h6-7H,1-5H3,(H,11,13). The zero-order valence-electron chi connectivity index (χ0n) is 9.00. The highest BCUT2D eigenvalue weighted by Crippen LogP contribution is 2.27. The summed E-state index contributed by atoms with van der Waals surface area (Å²) in [5, 5.41) is 13.4. The third kappa shape index (κ3) is 2.02. The lowest BCUT2D eigenvalue weighted by molar-refractivity contribution is 0.411. The molecule has 1 heterocycles. The zero-order chi connectivity index (χ0) is 10.2. The monoisotopic (exact) mass is 182 g/mol. The summed E-state index contributed by atoms with van der Waals surface area (Å²) in [6.45, 7) is 10.5. The summed E-state index contributed by atoms with van der Waals surface area (Å²) in [7, 11) is 0. The molecule has 0 unspecified atom stereocenters. The van der Waals surface area contributed by atoms with E-state index in [-0.39, 0.29) is 17.3 Å². The highest BCUT2D eigenvalue weighted by atomic mass is 16.3. The van der Waals surface area contributed by atoms with E-state index in [2.05, 4.69) is 39.7 Å². The van der Waals surface area contributed by atoms with Crippen LogP contribution in [0.25, 0.3) is 0 Å². The quantitative estimate of drug-likeness (QED) is 0.724. The average Bonchev–Trinajstić information content (AvgIpc) is 2.29. The second-order valence-corrected chi connectivity index (χ2v) is 4.68. The van der Waals surface area contributed by atoms with Crippen molar-refractivity contribution in [3.05, 3.63) is 11.8 Å². The Bertz CT molecular complexity index is 294. The van der Waals surface area contributed by atoms with Gasteiger partial charge in [-0.3, -0.25) is 4.68 Å². The third-order valence-electron chi connectivity index (χ3n) is 1.98. The Morgan fingerprint density at radius 1 is 1.38 bits per heavy atom. The SMILES string of the molecule is CC(C)n1nc(O)cc1C(C)(C)C. The minimum atomic E-state index is 0.0260. The topological polar surface area (TPSA) is 38.0 Å². The minimum Gasteiger partial charge on any atom is -0.492 e. The fourth-order valence-corrected chi connectivity index (χ4v) is 1.34. The van der Waals surface area contributed by atoms with Crippen molar-refractivity contribution < 1.29 is 5.11 Å². The molecule has 3 heteroatoms. The lowest BCUT2D eigenvalue weighted by Crippen LogP contribution is -2.19. The van der Waals surface area contributed by atoms with Gasteiger partial charge in [-0.2, -0.15) is 0 Å². The summed E-state index contributed by atoms with van der Waals surface area (Å²) < 4.78 is 1.87. The van der Waals surface area contributed by atoms with Gasteiger partial charge in [0.15, 0.2) is 0 Å². The van der Waals surface area contributed by atoms with E-state index in [1.54, 1.807) is 6.07 Å². The van der Waals surface area contributed by atoms with Crippen LogP contribution in [-0.4, -0.2) is 14.9 Å². The number of rotatable bonds is 1. The van der Waals surface area contributed by atoms with Crippen molar-refractivity contribution in [3.8, 4) is 5.88 Å². The molecule has 0 fully saturated rings. The largest absolute Gasteiger partial charge is 0.492 e. The molecular formula is C10H18N2O. The van der Waals surface area contributed by atoms with E-state index >= 15 is 0 Å². The van der Waals surface area contributed by atoms with Gasteiger partial charge in [0.05, 0.1) is 0 Å². The first-order chi connectivity index (χ1) is 5.82. The molecule has 1 N–H and O–H groups in total. The Morgan fingerprint density at radius 3 is 2.23 bits per heavy atom. The molecule has 0 aromatic carbocycles. The van der Waals surface area contributed by atoms with Crippen molar-refractivity contribution >= 4 is 0 Å². The fraction of sp³-hybridized carbons (Fsp3) is 0.700. The van der Waals surface area contributed by atoms with Gasteiger partial charge in [0.1, 0.15) is 0 Å². The first-order valence-corrected chi connectivity index (χ1v) is 4.61. The van der Waals surface area contributed by atoms with Crippen LogP contribution in [0.5, 0.6) is 5.88 Å². The van der Waals surface area contributed by atoms with Gasteiger partial charge in [-0.1, -0.05) is 20.8 Å². The molecule has 0 saturated heterocycles. The van der Waals surface area contributed by atoms with Crippen LogP contribution >= 0.6 is 0 Å². The van der Waals surface area contributed by atoms with Crippen LogP contribution in [0.2, 0.25) is 0 Å². The van der Waals surface area contributed by atoms with Crippen LogP contribution in [0, 0.1) is 0 Å². The van der Waals surface area contributed by atoms with Crippen molar-refractivity contribution in [1.82, 2.24) is 9.78 Å². The fourth-order valence-electron chi connectivity index (χ4n) is 1.34. The van der Waals surface area contributed by atoms with Gasteiger partial charge < -0.3 is 5.11 Å². The summed E-state index contributed by atoms with van der Waals surface area (Å²) in [6.07, 6.45) is 0. The Morgan fingerprint density at radius 2 is 1.92 bits per heavy atom. The molecule has 0 aliphatic carbocycles. The van der Waals surface area contributed by atoms with Crippen LogP contribution in [-0.2, 0) is 5.41 Å². The van der Waals surface area contributed by atoms with Gasteiger partial charge >= 0.3 is 0 Å². The predicted molar refractivity (Wildman–Crippen MR) is 53.0 cm³/mol. The van der Waals surface area contributed by atoms with E-state index in [0.717, 1.165) is 5.69 Å². The van der Waals surface area contributed by atoms with Gasteiger partial charge in [0.25, 0.3) is 0 Å². The molecule has 3 nitrogen and oxygen atoms in total. The van der Waals surface area contributed by atoms with Crippen LogP contribution in [0.1, 0.15) is 46.4 Å². The first kappa shape index (κ1) is 10.1. The van der Waals surface area contributed by atoms with E-state index in [4.69, 9.17) is 0 Å². The number of aromatic nitrogens is 2. The normalized spacial score (nSPS) is 12.5. The number of hydrogen-bond donors (Lipinski definition) is 1. The number of aromatic hydroxyl groups is 1. The Balaban J connectivity index is 3.20. The van der Waals surface area contributed by atoms with E-state index < -0.39 is 0 Å². The average molecular weight is 182 g/mol. The number of hydrogen-bond acceptors (Lipinski definition) is 2. The lowest BCUT2D eigenvalue weighted by atomic mass is 9.92. The highest BCUT2D eigenvalue weighted by Gasteiger charge is 2.21. The molecular weight excluding hydrogens is 164 g/mol. The molecule has 0 radical (unpaired) electrons. The molecule has 1 aromatic heterocycles. The van der Waals surface area contributed by atoms with Gasteiger partial charge in [-0.05, 0) is 13.8 Å². The highest BCUT2D eigenvalue weighted by molar-refractivity contribution is 5.21. The Hall–Kier alpha value is -0.990. The molecule has 13 heavy (non-hydrogen) atoms. The third-order valence-corrected chi connectivity index (χ3v) is 1.98. The van der Waals surface area contributed by atoms with Crippen LogP contribution in [0.3, 0.4) is 0 Å². The van der Waals surface area contributed by atoms with Crippen molar-refractivity contribution in [2.45, 2.75) is 46.1 Å². The van der Waals surface area contributed by atoms with Gasteiger partial charge in [0, 0.05) is 23.2 Å². The van der Waals surface area contributed by atoms with E-state index in [0.29, 0.717) is 0 Å². The van der Waals surface area contributed by atoms with Crippen molar-refractivity contribution in [1.29, 1.82) is 0 Å². The molecule has 0 atom stereocenters. The maximum atomic E-state index is 9.31. The van der Waals surface area contributed by atoms with E-state index in [9.17, 15) is 5.11 Å². The number of nitrogens with zero attached hydrogens (tertiary/aromatic N) is 2. The molecule has 1 rings (SSSR count). The second-order valence-electron chi connectivity index (χ2n) is 4.68. The van der Waals surface area contributed by atoms with Gasteiger partial charge in [-0.25, -0.2) is 0 Å². The summed E-state index contributed by atoms with van der Waals surface area (Å²) >= 11 is 0. The molecule has 1 aromatic rings. The Kier molecular flexibility index (Phi) is 2.37. The lowest BCUT2D eigenvalue weighted by Gasteiger charge is -2.21. The molecule has 0 spiro atoms. The molecule has 0 bridgehead atoms. The van der Waals surface area contributed by atoms with Crippen LogP contribution < -0.4 is 0 Å². The maximum absolute atomic E-state index is 9.31. The molecule has 0 aliphatic heterocycles. The van der Waals surface area contributed by atoms with E-state index in [1.807, 2.05) is 4.68 Å². The summed E-state index contributed by atoms with van der Waals surface area (Å²) in [5.74, 6) is 0.110.